The summed E-state index contributed by atoms with van der Waals surface area (Å²) < 4.78 is 5.45. The van der Waals surface area contributed by atoms with Gasteiger partial charge in [-0.3, -0.25) is 0 Å². The van der Waals surface area contributed by atoms with E-state index in [0.717, 1.165) is 25.0 Å². The summed E-state index contributed by atoms with van der Waals surface area (Å²) in [6, 6.07) is 0. The molecule has 0 aromatic rings. The molecule has 0 spiro atoms. The summed E-state index contributed by atoms with van der Waals surface area (Å²) >= 11 is 0. The Morgan fingerprint density at radius 1 is 1.50 bits per heavy atom. The molecule has 1 heterocycles. The van der Waals surface area contributed by atoms with Crippen LogP contribution >= 0.6 is 0 Å². The van der Waals surface area contributed by atoms with Gasteiger partial charge < -0.3 is 9.84 Å². The van der Waals surface area contributed by atoms with Crippen LogP contribution in [0.4, 0.5) is 0 Å². The molecule has 0 aromatic heterocycles. The van der Waals surface area contributed by atoms with Crippen molar-refractivity contribution < 1.29 is 9.84 Å². The maximum absolute atomic E-state index is 9.64. The third kappa shape index (κ3) is 2.95. The zero-order valence-corrected chi connectivity index (χ0v) is 7.92. The van der Waals surface area contributed by atoms with E-state index < -0.39 is 6.10 Å². The van der Waals surface area contributed by atoms with Crippen LogP contribution in [0.15, 0.2) is 11.6 Å². The van der Waals surface area contributed by atoms with Crippen LogP contribution in [-0.4, -0.2) is 23.9 Å². The number of hydrogen-bond donors (Lipinski definition) is 1. The highest BCUT2D eigenvalue weighted by molar-refractivity contribution is 5.00. The number of aliphatic hydroxyl groups is 1. The molecular formula is C10H18O2. The first-order valence-corrected chi connectivity index (χ1v) is 4.65. The monoisotopic (exact) mass is 170 g/mol. The highest BCUT2D eigenvalue weighted by Crippen LogP contribution is 2.17. The normalized spacial score (nSPS) is 26.4. The largest absolute Gasteiger partial charge is 0.386 e. The van der Waals surface area contributed by atoms with Crippen LogP contribution in [0.2, 0.25) is 0 Å². The van der Waals surface area contributed by atoms with Gasteiger partial charge in [-0.1, -0.05) is 11.6 Å². The van der Waals surface area contributed by atoms with Gasteiger partial charge in [-0.15, -0.1) is 0 Å². The van der Waals surface area contributed by atoms with Crippen molar-refractivity contribution in [3.05, 3.63) is 11.6 Å². The summed E-state index contributed by atoms with van der Waals surface area (Å²) in [5, 5.41) is 9.64. The minimum Gasteiger partial charge on any atom is -0.386 e. The van der Waals surface area contributed by atoms with E-state index in [4.69, 9.17) is 4.74 Å². The summed E-state index contributed by atoms with van der Waals surface area (Å²) in [6.07, 6.45) is 4.81. The second-order valence-electron chi connectivity index (χ2n) is 3.64. The lowest BCUT2D eigenvalue weighted by Gasteiger charge is -2.25. The summed E-state index contributed by atoms with van der Waals surface area (Å²) in [4.78, 5) is 0. The summed E-state index contributed by atoms with van der Waals surface area (Å²) in [6.45, 7) is 4.79. The third-order valence-electron chi connectivity index (χ3n) is 2.10. The lowest BCUT2D eigenvalue weighted by Crippen LogP contribution is -2.30. The van der Waals surface area contributed by atoms with Crippen LogP contribution in [0.25, 0.3) is 0 Å². The Labute approximate surface area is 74.2 Å². The minimum atomic E-state index is -0.407. The van der Waals surface area contributed by atoms with E-state index in [0.29, 0.717) is 0 Å². The van der Waals surface area contributed by atoms with Gasteiger partial charge >= 0.3 is 0 Å². The molecule has 2 atom stereocenters. The van der Waals surface area contributed by atoms with Gasteiger partial charge in [0.2, 0.25) is 0 Å². The van der Waals surface area contributed by atoms with Gasteiger partial charge in [-0.25, -0.2) is 0 Å². The molecule has 1 aliphatic rings. The van der Waals surface area contributed by atoms with Crippen molar-refractivity contribution in [3.8, 4) is 0 Å². The second kappa shape index (κ2) is 4.63. The van der Waals surface area contributed by atoms with E-state index in [1.54, 1.807) is 0 Å². The Hall–Kier alpha value is -0.340. The summed E-state index contributed by atoms with van der Waals surface area (Å²) in [5.74, 6) is 0. The van der Waals surface area contributed by atoms with E-state index in [1.165, 1.54) is 6.42 Å². The van der Waals surface area contributed by atoms with Gasteiger partial charge in [0.15, 0.2) is 0 Å². The molecule has 70 valence electrons. The Kier molecular flexibility index (Phi) is 3.76. The topological polar surface area (TPSA) is 29.5 Å². The number of hydrogen-bond acceptors (Lipinski definition) is 2. The number of ether oxygens (including phenoxy) is 1. The van der Waals surface area contributed by atoms with Crippen LogP contribution in [-0.2, 0) is 4.74 Å². The van der Waals surface area contributed by atoms with Gasteiger partial charge in [0.05, 0.1) is 12.2 Å². The number of rotatable bonds is 2. The summed E-state index contributed by atoms with van der Waals surface area (Å²) in [7, 11) is 0. The average Bonchev–Trinajstić information content (AvgIpc) is 2.05. The summed E-state index contributed by atoms with van der Waals surface area (Å²) in [5.41, 5.74) is 1.15. The smallest absolute Gasteiger partial charge is 0.0985 e. The van der Waals surface area contributed by atoms with Crippen LogP contribution in [0, 0.1) is 0 Å². The molecule has 0 amide bonds. The molecule has 1 rings (SSSR count). The fraction of sp³-hybridized carbons (Fsp3) is 0.800. The molecule has 0 aliphatic carbocycles. The lowest BCUT2D eigenvalue weighted by atomic mass is 10.0. The van der Waals surface area contributed by atoms with Crippen LogP contribution < -0.4 is 0 Å². The minimum absolute atomic E-state index is 0.0358. The predicted molar refractivity (Wildman–Crippen MR) is 49.0 cm³/mol. The Bertz CT molecular complexity index is 153. The number of allylic oxidation sites excluding steroid dienone is 1. The molecule has 2 unspecified atom stereocenters. The first-order valence-electron chi connectivity index (χ1n) is 4.65. The van der Waals surface area contributed by atoms with Crippen molar-refractivity contribution >= 4 is 0 Å². The lowest BCUT2D eigenvalue weighted by molar-refractivity contribution is -0.0443. The first kappa shape index (κ1) is 9.75. The Balaban J connectivity index is 2.39. The first-order chi connectivity index (χ1) is 5.70. The maximum Gasteiger partial charge on any atom is 0.0985 e. The SMILES string of the molecule is CC(C)=CC(O)C1CCCCO1. The fourth-order valence-corrected chi connectivity index (χ4v) is 1.48. The Morgan fingerprint density at radius 3 is 2.75 bits per heavy atom. The van der Waals surface area contributed by atoms with E-state index in [2.05, 4.69) is 0 Å². The fourth-order valence-electron chi connectivity index (χ4n) is 1.48. The van der Waals surface area contributed by atoms with Crippen LogP contribution in [0.3, 0.4) is 0 Å². The van der Waals surface area contributed by atoms with Crippen molar-refractivity contribution in [1.82, 2.24) is 0 Å². The molecule has 1 fully saturated rings. The maximum atomic E-state index is 9.64. The second-order valence-corrected chi connectivity index (χ2v) is 3.64. The molecule has 2 nitrogen and oxygen atoms in total. The molecule has 0 radical (unpaired) electrons. The van der Waals surface area contributed by atoms with Gasteiger partial charge in [-0.2, -0.15) is 0 Å². The van der Waals surface area contributed by atoms with Crippen molar-refractivity contribution in [1.29, 1.82) is 0 Å². The Morgan fingerprint density at radius 2 is 2.25 bits per heavy atom. The van der Waals surface area contributed by atoms with Crippen molar-refractivity contribution in [2.24, 2.45) is 0 Å². The molecule has 1 saturated heterocycles. The predicted octanol–water partition coefficient (Wildman–Crippen LogP) is 1.88. The molecule has 0 aromatic carbocycles. The molecule has 0 saturated carbocycles. The standard InChI is InChI=1S/C10H18O2/c1-8(2)7-9(11)10-5-3-4-6-12-10/h7,9-11H,3-6H2,1-2H3. The van der Waals surface area contributed by atoms with E-state index in [1.807, 2.05) is 19.9 Å². The third-order valence-corrected chi connectivity index (χ3v) is 2.10. The van der Waals surface area contributed by atoms with E-state index in [9.17, 15) is 5.11 Å². The number of aliphatic hydroxyl groups excluding tert-OH is 1. The molecule has 2 heteroatoms. The van der Waals surface area contributed by atoms with E-state index >= 15 is 0 Å². The zero-order valence-electron chi connectivity index (χ0n) is 7.92. The van der Waals surface area contributed by atoms with E-state index in [-0.39, 0.29) is 6.10 Å². The van der Waals surface area contributed by atoms with Gasteiger partial charge in [0.25, 0.3) is 0 Å². The molecule has 0 bridgehead atoms. The highest BCUT2D eigenvalue weighted by Gasteiger charge is 2.20. The molecule has 1 N–H and O–H groups in total. The van der Waals surface area contributed by atoms with Crippen molar-refractivity contribution in [3.63, 3.8) is 0 Å². The van der Waals surface area contributed by atoms with Crippen LogP contribution in [0.1, 0.15) is 33.1 Å². The van der Waals surface area contributed by atoms with Crippen molar-refractivity contribution in [2.45, 2.75) is 45.3 Å². The van der Waals surface area contributed by atoms with Gasteiger partial charge in [0, 0.05) is 6.61 Å². The van der Waals surface area contributed by atoms with Gasteiger partial charge in [0.1, 0.15) is 0 Å². The molecule has 12 heavy (non-hydrogen) atoms. The molecule has 1 aliphatic heterocycles. The quantitative estimate of drug-likeness (QED) is 0.641. The zero-order chi connectivity index (χ0) is 8.97. The molecular weight excluding hydrogens is 152 g/mol. The van der Waals surface area contributed by atoms with Crippen molar-refractivity contribution in [2.75, 3.05) is 6.61 Å². The average molecular weight is 170 g/mol. The van der Waals surface area contributed by atoms with Gasteiger partial charge in [-0.05, 0) is 33.1 Å². The van der Waals surface area contributed by atoms with Crippen LogP contribution in [0.5, 0.6) is 0 Å². The highest BCUT2D eigenvalue weighted by atomic mass is 16.5.